The third kappa shape index (κ3) is 15.2. The second-order valence-electron chi connectivity index (χ2n) is 9.81. The van der Waals surface area contributed by atoms with Gasteiger partial charge in [0.1, 0.15) is 0 Å². The van der Waals surface area contributed by atoms with Gasteiger partial charge in [-0.25, -0.2) is 0 Å². The van der Waals surface area contributed by atoms with Crippen LogP contribution in [0.15, 0.2) is 144 Å². The molecule has 9 heteroatoms. The standard InChI is InChI=1S/C28H28P2.C5H5.C4H4S.BF4.Ru/c1-23(29(25-15-7-3-8-16-25)26-17-9-4-10-18-26)24(2)30(27-19-11-5-12-20-27)28-21-13-6-14-22-28;2*1-2-4-5-3-1;2-1(3,4)5;/h3-24H,1-2H3;1-5H;1-4H;;/q;;;-1;+2/t23-,24-;;;;/m0..../s1. The van der Waals surface area contributed by atoms with Crippen LogP contribution in [0.25, 0.3) is 0 Å². The molecule has 0 saturated heterocycles. The Bertz CT molecular complexity index is 1210. The quantitative estimate of drug-likeness (QED) is 0.0880. The van der Waals surface area contributed by atoms with Gasteiger partial charge in [-0.3, -0.25) is 0 Å². The van der Waals surface area contributed by atoms with Crippen molar-refractivity contribution in [2.24, 2.45) is 0 Å². The first-order valence-electron chi connectivity index (χ1n) is 14.6. The molecule has 1 aliphatic rings. The zero-order chi connectivity index (χ0) is 32.3. The minimum Gasteiger partial charge on any atom is -0.418 e. The van der Waals surface area contributed by atoms with E-state index in [9.17, 15) is 17.3 Å². The number of benzene rings is 4. The molecule has 5 aromatic rings. The van der Waals surface area contributed by atoms with Gasteiger partial charge in [0.25, 0.3) is 0 Å². The molecule has 0 unspecified atom stereocenters. The molecule has 4 aromatic carbocycles. The van der Waals surface area contributed by atoms with Gasteiger partial charge < -0.3 is 17.3 Å². The first-order chi connectivity index (χ1) is 21.8. The Balaban J connectivity index is 0.000000377. The van der Waals surface area contributed by atoms with Gasteiger partial charge in [0.2, 0.25) is 0 Å². The van der Waals surface area contributed by atoms with Gasteiger partial charge in [0.15, 0.2) is 0 Å². The van der Waals surface area contributed by atoms with Crippen molar-refractivity contribution < 1.29 is 36.7 Å². The normalized spacial score (nSPS) is 13.5. The van der Waals surface area contributed by atoms with Crippen LogP contribution in [0.3, 0.4) is 0 Å². The Morgan fingerprint density at radius 1 is 0.435 bits per heavy atom. The zero-order valence-corrected chi connectivity index (χ0v) is 30.0. The van der Waals surface area contributed by atoms with Gasteiger partial charge in [-0.2, -0.15) is 11.3 Å². The maximum absolute atomic E-state index is 9.75. The number of thiophene rings is 1. The van der Waals surface area contributed by atoms with Crippen LogP contribution < -0.4 is 21.2 Å². The molecule has 1 saturated carbocycles. The fraction of sp³-hybridized carbons (Fsp3) is 0.108. The summed E-state index contributed by atoms with van der Waals surface area (Å²) in [6, 6.07) is 48.5. The van der Waals surface area contributed by atoms with Crippen molar-refractivity contribution in [2.45, 2.75) is 25.2 Å². The fourth-order valence-corrected chi connectivity index (χ4v) is 11.1. The monoisotopic (exact) mass is 764 g/mol. The largest absolute Gasteiger partial charge is 2.00 e. The first kappa shape index (κ1) is 40.0. The molecule has 1 fully saturated rings. The second kappa shape index (κ2) is 22.4. The third-order valence-corrected chi connectivity index (χ3v) is 13.4. The molecule has 0 aliphatic heterocycles. The Hall–Kier alpha value is -2.15. The molecular weight excluding hydrogens is 726 g/mol. The van der Waals surface area contributed by atoms with Crippen LogP contribution in [0.1, 0.15) is 13.8 Å². The van der Waals surface area contributed by atoms with Crippen molar-refractivity contribution >= 4 is 55.7 Å². The molecule has 0 bridgehead atoms. The number of hydrogen-bond acceptors (Lipinski definition) is 1. The maximum atomic E-state index is 9.75. The van der Waals surface area contributed by atoms with Crippen molar-refractivity contribution in [1.29, 1.82) is 0 Å². The smallest absolute Gasteiger partial charge is 0.418 e. The van der Waals surface area contributed by atoms with Crippen LogP contribution in [0, 0.1) is 32.1 Å². The molecular formula is C37H37BF4P2RuS+. The van der Waals surface area contributed by atoms with Gasteiger partial charge in [0, 0.05) is 0 Å². The van der Waals surface area contributed by atoms with Gasteiger partial charge in [0.05, 0.1) is 0 Å². The SMILES string of the molecule is C[C@@H]([C@H](C)P(c1ccccc1)c1ccccc1)P(c1ccccc1)c1ccccc1.F[B-](F)(F)F.[CH]1[CH][CH][CH][CH]1.[Ru+2].c1ccsc1. The summed E-state index contributed by atoms with van der Waals surface area (Å²) in [6.07, 6.45) is 10.0. The average molecular weight is 764 g/mol. The molecule has 1 heterocycles. The summed E-state index contributed by atoms with van der Waals surface area (Å²) < 4.78 is 39.0. The number of halogens is 4. The van der Waals surface area contributed by atoms with E-state index in [-0.39, 0.29) is 19.5 Å². The summed E-state index contributed by atoms with van der Waals surface area (Å²) in [6.45, 7) is 4.94. The molecule has 0 N–H and O–H groups in total. The summed E-state index contributed by atoms with van der Waals surface area (Å²) in [5.41, 5.74) is 1.10. The summed E-state index contributed by atoms with van der Waals surface area (Å²) in [5, 5.41) is 9.95. The molecule has 1 aliphatic carbocycles. The van der Waals surface area contributed by atoms with Crippen molar-refractivity contribution in [3.8, 4) is 0 Å². The zero-order valence-electron chi connectivity index (χ0n) is 25.6. The van der Waals surface area contributed by atoms with Crippen LogP contribution in [-0.2, 0) is 19.5 Å². The average Bonchev–Trinajstić information content (AvgIpc) is 3.83. The maximum Gasteiger partial charge on any atom is 2.00 e. The molecule has 0 nitrogen and oxygen atoms in total. The van der Waals surface area contributed by atoms with Gasteiger partial charge >= 0.3 is 26.7 Å². The second-order valence-corrected chi connectivity index (χ2v) is 15.8. The van der Waals surface area contributed by atoms with E-state index < -0.39 is 23.1 Å². The molecule has 6 rings (SSSR count). The van der Waals surface area contributed by atoms with E-state index in [0.29, 0.717) is 11.3 Å². The van der Waals surface area contributed by atoms with Crippen molar-refractivity contribution in [2.75, 3.05) is 0 Å². The minimum absolute atomic E-state index is 0. The third-order valence-electron chi connectivity index (χ3n) is 6.63. The Morgan fingerprint density at radius 3 is 0.826 bits per heavy atom. The summed E-state index contributed by atoms with van der Waals surface area (Å²) in [5.74, 6) is 0. The van der Waals surface area contributed by atoms with Crippen LogP contribution in [0.5, 0.6) is 0 Å². The van der Waals surface area contributed by atoms with Crippen LogP contribution in [0.2, 0.25) is 0 Å². The van der Waals surface area contributed by atoms with Gasteiger partial charge in [-0.15, -0.1) is 0 Å². The number of hydrogen-bond donors (Lipinski definition) is 0. The van der Waals surface area contributed by atoms with Crippen LogP contribution in [0.4, 0.5) is 17.3 Å². The van der Waals surface area contributed by atoms with Crippen molar-refractivity contribution in [1.82, 2.24) is 0 Å². The van der Waals surface area contributed by atoms with E-state index in [0.717, 1.165) is 0 Å². The first-order valence-corrected chi connectivity index (χ1v) is 18.3. The van der Waals surface area contributed by atoms with Crippen LogP contribution in [-0.4, -0.2) is 18.6 Å². The summed E-state index contributed by atoms with van der Waals surface area (Å²) >= 11 is 1.71. The molecule has 239 valence electrons. The molecule has 2 atom stereocenters. The Kier molecular flexibility index (Phi) is 19.5. The molecule has 0 spiro atoms. The molecule has 0 amide bonds. The molecule has 5 radical (unpaired) electrons. The van der Waals surface area contributed by atoms with Crippen LogP contribution >= 0.6 is 27.2 Å². The fourth-order valence-electron chi connectivity index (χ4n) is 4.57. The van der Waals surface area contributed by atoms with E-state index in [4.69, 9.17) is 0 Å². The van der Waals surface area contributed by atoms with E-state index in [1.54, 1.807) is 11.3 Å². The van der Waals surface area contributed by atoms with Crippen molar-refractivity contribution in [3.63, 3.8) is 0 Å². The molecule has 1 aromatic heterocycles. The summed E-state index contributed by atoms with van der Waals surface area (Å²) in [4.78, 5) is 0. The Morgan fingerprint density at radius 2 is 0.652 bits per heavy atom. The van der Waals surface area contributed by atoms with E-state index in [1.165, 1.54) is 21.2 Å². The minimum atomic E-state index is -6.00. The van der Waals surface area contributed by atoms with E-state index in [1.807, 2.05) is 55.0 Å². The van der Waals surface area contributed by atoms with Gasteiger partial charge in [-0.1, -0.05) is 147 Å². The van der Waals surface area contributed by atoms with E-state index in [2.05, 4.69) is 135 Å². The Labute approximate surface area is 292 Å². The number of rotatable bonds is 7. The van der Waals surface area contributed by atoms with Crippen molar-refractivity contribution in [3.05, 3.63) is 176 Å². The van der Waals surface area contributed by atoms with E-state index >= 15 is 0 Å². The summed E-state index contributed by atoms with van der Waals surface area (Å²) in [7, 11) is -6.90. The predicted octanol–water partition coefficient (Wildman–Crippen LogP) is 10.1. The molecule has 46 heavy (non-hydrogen) atoms. The topological polar surface area (TPSA) is 0 Å². The predicted molar refractivity (Wildman–Crippen MR) is 193 cm³/mol. The van der Waals surface area contributed by atoms with Gasteiger partial charge in [-0.05, 0) is 91.2 Å².